The number of nitrogens with zero attached hydrogens (tertiary/aromatic N) is 3. The summed E-state index contributed by atoms with van der Waals surface area (Å²) in [7, 11) is 0. The molecule has 2 saturated heterocycles. The molecule has 4 rings (SSSR count). The third-order valence-electron chi connectivity index (χ3n) is 5.88. The van der Waals surface area contributed by atoms with Gasteiger partial charge in [-0.1, -0.05) is 6.92 Å². The molecule has 0 bridgehead atoms. The fraction of sp³-hybridized carbons (Fsp3) is 0.778. The van der Waals surface area contributed by atoms with Crippen molar-refractivity contribution in [2.45, 2.75) is 44.8 Å². The molecule has 1 amide bonds. The fourth-order valence-corrected chi connectivity index (χ4v) is 5.04. The molecule has 6 heteroatoms. The van der Waals surface area contributed by atoms with Crippen LogP contribution < -0.4 is 0 Å². The highest BCUT2D eigenvalue weighted by molar-refractivity contribution is 7.09. The number of thiazole rings is 1. The number of carbonyl (C=O) groups is 1. The van der Waals surface area contributed by atoms with Gasteiger partial charge in [0.25, 0.3) is 0 Å². The van der Waals surface area contributed by atoms with E-state index in [9.17, 15) is 4.79 Å². The molecule has 2 aliphatic heterocycles. The van der Waals surface area contributed by atoms with Crippen molar-refractivity contribution in [1.82, 2.24) is 14.8 Å². The van der Waals surface area contributed by atoms with E-state index < -0.39 is 0 Å². The van der Waals surface area contributed by atoms with Crippen LogP contribution in [0.5, 0.6) is 0 Å². The molecule has 1 spiro atoms. The number of morpholine rings is 1. The minimum Gasteiger partial charge on any atom is -0.372 e. The Balaban J connectivity index is 1.31. The first kappa shape index (κ1) is 16.5. The Hall–Kier alpha value is -0.980. The molecule has 0 unspecified atom stereocenters. The summed E-state index contributed by atoms with van der Waals surface area (Å²) in [5, 5.41) is 3.22. The normalized spacial score (nSPS) is 30.3. The Kier molecular flexibility index (Phi) is 4.62. The highest BCUT2D eigenvalue weighted by Crippen LogP contribution is 2.37. The number of hydrogen-bond acceptors (Lipinski definition) is 5. The maximum absolute atomic E-state index is 12.5. The number of likely N-dealkylation sites (tertiary alicyclic amines) is 1. The van der Waals surface area contributed by atoms with Gasteiger partial charge in [0.05, 0.1) is 18.8 Å². The van der Waals surface area contributed by atoms with Crippen LogP contribution in [0.4, 0.5) is 0 Å². The highest BCUT2D eigenvalue weighted by Gasteiger charge is 2.42. The monoisotopic (exact) mass is 349 g/mol. The highest BCUT2D eigenvalue weighted by atomic mass is 32.1. The second kappa shape index (κ2) is 6.73. The number of carbonyl (C=O) groups excluding carboxylic acids is 1. The quantitative estimate of drug-likeness (QED) is 0.840. The van der Waals surface area contributed by atoms with Crippen LogP contribution >= 0.6 is 11.3 Å². The van der Waals surface area contributed by atoms with Gasteiger partial charge in [-0.25, -0.2) is 4.98 Å². The Morgan fingerprint density at radius 1 is 1.38 bits per heavy atom. The van der Waals surface area contributed by atoms with Gasteiger partial charge in [-0.2, -0.15) is 0 Å². The van der Waals surface area contributed by atoms with Gasteiger partial charge in [0.15, 0.2) is 0 Å². The molecule has 3 fully saturated rings. The molecular weight excluding hydrogens is 322 g/mol. The number of hydrogen-bond donors (Lipinski definition) is 0. The third kappa shape index (κ3) is 3.37. The van der Waals surface area contributed by atoms with Crippen molar-refractivity contribution in [1.29, 1.82) is 0 Å². The van der Waals surface area contributed by atoms with Gasteiger partial charge < -0.3 is 9.64 Å². The first-order valence-electron chi connectivity index (χ1n) is 9.17. The zero-order valence-corrected chi connectivity index (χ0v) is 15.3. The van der Waals surface area contributed by atoms with E-state index in [1.54, 1.807) is 11.3 Å². The SMILES string of the molecule is CC1CC(C(=O)N2CCC3(CC2)CN(Cc2nccs2)CCO3)C1. The van der Waals surface area contributed by atoms with E-state index in [-0.39, 0.29) is 5.60 Å². The van der Waals surface area contributed by atoms with Crippen molar-refractivity contribution in [3.05, 3.63) is 16.6 Å². The molecule has 132 valence electrons. The summed E-state index contributed by atoms with van der Waals surface area (Å²) < 4.78 is 6.21. The number of ether oxygens (including phenoxy) is 1. The van der Waals surface area contributed by atoms with Crippen LogP contribution in [0.3, 0.4) is 0 Å². The zero-order chi connectivity index (χ0) is 16.6. The lowest BCUT2D eigenvalue weighted by molar-refractivity contribution is -0.156. The van der Waals surface area contributed by atoms with Gasteiger partial charge in [-0.3, -0.25) is 9.69 Å². The van der Waals surface area contributed by atoms with E-state index in [4.69, 9.17) is 4.74 Å². The first-order chi connectivity index (χ1) is 11.6. The first-order valence-corrected chi connectivity index (χ1v) is 10.0. The van der Waals surface area contributed by atoms with Crippen molar-refractivity contribution in [2.24, 2.45) is 11.8 Å². The molecule has 0 radical (unpaired) electrons. The molecule has 24 heavy (non-hydrogen) atoms. The minimum atomic E-state index is -0.0564. The summed E-state index contributed by atoms with van der Waals surface area (Å²) in [6.07, 6.45) is 5.98. The fourth-order valence-electron chi connectivity index (χ4n) is 4.38. The summed E-state index contributed by atoms with van der Waals surface area (Å²) >= 11 is 1.72. The second-order valence-corrected chi connectivity index (χ2v) is 8.75. The number of amides is 1. The van der Waals surface area contributed by atoms with Gasteiger partial charge in [-0.05, 0) is 31.6 Å². The van der Waals surface area contributed by atoms with Crippen LogP contribution in [-0.2, 0) is 16.1 Å². The van der Waals surface area contributed by atoms with Gasteiger partial charge in [-0.15, -0.1) is 11.3 Å². The van der Waals surface area contributed by atoms with Crippen LogP contribution in [0.2, 0.25) is 0 Å². The lowest BCUT2D eigenvalue weighted by Gasteiger charge is -2.48. The average Bonchev–Trinajstić information content (AvgIpc) is 3.05. The molecule has 5 nitrogen and oxygen atoms in total. The van der Waals surface area contributed by atoms with E-state index >= 15 is 0 Å². The molecule has 3 aliphatic rings. The van der Waals surface area contributed by atoms with E-state index in [0.717, 1.165) is 70.9 Å². The smallest absolute Gasteiger partial charge is 0.225 e. The summed E-state index contributed by atoms with van der Waals surface area (Å²) in [5.74, 6) is 1.41. The van der Waals surface area contributed by atoms with Gasteiger partial charge >= 0.3 is 0 Å². The molecular formula is C18H27N3O2S. The van der Waals surface area contributed by atoms with E-state index in [1.165, 1.54) is 5.01 Å². The number of rotatable bonds is 3. The van der Waals surface area contributed by atoms with E-state index in [0.29, 0.717) is 11.8 Å². The predicted molar refractivity (Wildman–Crippen MR) is 93.8 cm³/mol. The van der Waals surface area contributed by atoms with Crippen LogP contribution in [0.25, 0.3) is 0 Å². The van der Waals surface area contributed by atoms with Crippen molar-refractivity contribution in [3.8, 4) is 0 Å². The van der Waals surface area contributed by atoms with Crippen LogP contribution in [0.15, 0.2) is 11.6 Å². The Morgan fingerprint density at radius 3 is 2.83 bits per heavy atom. The Bertz CT molecular complexity index is 563. The number of aromatic nitrogens is 1. The maximum atomic E-state index is 12.5. The molecule has 0 atom stereocenters. The van der Waals surface area contributed by atoms with Crippen LogP contribution in [0.1, 0.15) is 37.6 Å². The van der Waals surface area contributed by atoms with Gasteiger partial charge in [0.2, 0.25) is 5.91 Å². The van der Waals surface area contributed by atoms with Crippen molar-refractivity contribution in [2.75, 3.05) is 32.8 Å². The second-order valence-electron chi connectivity index (χ2n) is 7.77. The largest absolute Gasteiger partial charge is 0.372 e. The molecule has 0 aromatic carbocycles. The summed E-state index contributed by atoms with van der Waals surface area (Å²) in [5.41, 5.74) is -0.0564. The maximum Gasteiger partial charge on any atom is 0.225 e. The molecule has 3 heterocycles. The summed E-state index contributed by atoms with van der Waals surface area (Å²) in [6.45, 7) is 7.61. The third-order valence-corrected chi connectivity index (χ3v) is 6.64. The molecule has 1 saturated carbocycles. The molecule has 1 aromatic heterocycles. The van der Waals surface area contributed by atoms with E-state index in [1.807, 2.05) is 11.6 Å². The van der Waals surface area contributed by atoms with Crippen molar-refractivity contribution < 1.29 is 9.53 Å². The molecule has 1 aromatic rings. The predicted octanol–water partition coefficient (Wildman–Crippen LogP) is 2.38. The average molecular weight is 350 g/mol. The lowest BCUT2D eigenvalue weighted by atomic mass is 9.75. The van der Waals surface area contributed by atoms with Crippen molar-refractivity contribution >= 4 is 17.2 Å². The topological polar surface area (TPSA) is 45.7 Å². The molecule has 0 N–H and O–H groups in total. The molecule has 1 aliphatic carbocycles. The summed E-state index contributed by atoms with van der Waals surface area (Å²) in [4.78, 5) is 21.5. The standard InChI is InChI=1S/C18H27N3O2S/c1-14-10-15(11-14)17(22)21-5-2-18(3-6-21)13-20(7-8-23-18)12-16-19-4-9-24-16/h4,9,14-15H,2-3,5-8,10-13H2,1H3. The van der Waals surface area contributed by atoms with Crippen LogP contribution in [0, 0.1) is 11.8 Å². The Morgan fingerprint density at radius 2 is 2.17 bits per heavy atom. The minimum absolute atomic E-state index is 0.0564. The lowest BCUT2D eigenvalue weighted by Crippen LogP contribution is -2.58. The van der Waals surface area contributed by atoms with Crippen molar-refractivity contribution in [3.63, 3.8) is 0 Å². The van der Waals surface area contributed by atoms with Gasteiger partial charge in [0, 0.05) is 43.7 Å². The van der Waals surface area contributed by atoms with Crippen LogP contribution in [-0.4, -0.2) is 59.1 Å². The van der Waals surface area contributed by atoms with E-state index in [2.05, 4.69) is 21.7 Å². The summed E-state index contributed by atoms with van der Waals surface area (Å²) in [6, 6.07) is 0. The zero-order valence-electron chi connectivity index (χ0n) is 14.4. The Labute approximate surface area is 148 Å². The van der Waals surface area contributed by atoms with Gasteiger partial charge in [0.1, 0.15) is 5.01 Å². The number of piperidine rings is 1.